The Kier molecular flexibility index (Phi) is 3.58. The average Bonchev–Trinajstić information content (AvgIpc) is 2.17. The van der Waals surface area contributed by atoms with Crippen LogP contribution in [0.3, 0.4) is 0 Å². The number of aliphatic hydroxyl groups excluding tert-OH is 1. The van der Waals surface area contributed by atoms with Crippen molar-refractivity contribution in [3.63, 3.8) is 0 Å². The van der Waals surface area contributed by atoms with Crippen molar-refractivity contribution in [3.8, 4) is 5.75 Å². The van der Waals surface area contributed by atoms with Gasteiger partial charge in [0.1, 0.15) is 5.75 Å². The topological polar surface area (TPSA) is 29.5 Å². The molecule has 1 rings (SSSR count). The van der Waals surface area contributed by atoms with Crippen molar-refractivity contribution in [1.29, 1.82) is 0 Å². The maximum absolute atomic E-state index is 9.59. The van der Waals surface area contributed by atoms with E-state index < -0.39 is 6.10 Å². The Balaban J connectivity index is 2.79. The lowest BCUT2D eigenvalue weighted by Gasteiger charge is -2.13. The van der Waals surface area contributed by atoms with Crippen molar-refractivity contribution in [3.05, 3.63) is 29.8 Å². The first-order valence-corrected chi connectivity index (χ1v) is 4.55. The van der Waals surface area contributed by atoms with Gasteiger partial charge in [-0.05, 0) is 24.6 Å². The van der Waals surface area contributed by atoms with Crippen LogP contribution in [0.5, 0.6) is 5.75 Å². The van der Waals surface area contributed by atoms with Crippen LogP contribution in [0, 0.1) is 0 Å². The van der Waals surface area contributed by atoms with Gasteiger partial charge in [0, 0.05) is 0 Å². The first-order valence-electron chi connectivity index (χ1n) is 4.11. The highest BCUT2D eigenvalue weighted by Crippen LogP contribution is 2.22. The van der Waals surface area contributed by atoms with Gasteiger partial charge in [-0.3, -0.25) is 0 Å². The number of aliphatic hydroxyl groups is 1. The number of rotatable bonds is 3. The van der Waals surface area contributed by atoms with Gasteiger partial charge in [-0.25, -0.2) is 0 Å². The second-order valence-electron chi connectivity index (χ2n) is 2.90. The van der Waals surface area contributed by atoms with E-state index in [4.69, 9.17) is 16.3 Å². The molecular weight excluding hydrogens is 188 g/mol. The summed E-state index contributed by atoms with van der Waals surface area (Å²) in [5, 5.41) is 9.30. The molecule has 2 unspecified atom stereocenters. The molecule has 1 aromatic carbocycles. The predicted molar refractivity (Wildman–Crippen MR) is 53.3 cm³/mol. The lowest BCUT2D eigenvalue weighted by Crippen LogP contribution is -2.07. The minimum atomic E-state index is -0.618. The van der Waals surface area contributed by atoms with E-state index in [2.05, 4.69) is 0 Å². The number of methoxy groups -OCH3 is 1. The normalized spacial score (nSPS) is 15.1. The fourth-order valence-electron chi connectivity index (χ4n) is 1.07. The molecule has 0 spiro atoms. The van der Waals surface area contributed by atoms with Crippen molar-refractivity contribution in [1.82, 2.24) is 0 Å². The zero-order chi connectivity index (χ0) is 9.84. The predicted octanol–water partition coefficient (Wildman–Crippen LogP) is 2.36. The van der Waals surface area contributed by atoms with Gasteiger partial charge in [0.15, 0.2) is 0 Å². The zero-order valence-corrected chi connectivity index (χ0v) is 8.45. The first-order chi connectivity index (χ1) is 6.15. The van der Waals surface area contributed by atoms with E-state index in [1.165, 1.54) is 0 Å². The van der Waals surface area contributed by atoms with Crippen LogP contribution in [0.1, 0.15) is 18.6 Å². The first kappa shape index (κ1) is 10.4. The molecule has 0 fully saturated rings. The smallest absolute Gasteiger partial charge is 0.118 e. The molecule has 0 aliphatic rings. The summed E-state index contributed by atoms with van der Waals surface area (Å²) < 4.78 is 4.99. The maximum atomic E-state index is 9.59. The van der Waals surface area contributed by atoms with Crippen LogP contribution < -0.4 is 4.74 Å². The summed E-state index contributed by atoms with van der Waals surface area (Å²) in [5.74, 6) is 0.776. The molecule has 3 heteroatoms. The molecule has 2 nitrogen and oxygen atoms in total. The molecule has 0 amide bonds. The highest BCUT2D eigenvalue weighted by molar-refractivity contribution is 6.20. The van der Waals surface area contributed by atoms with Crippen molar-refractivity contribution >= 4 is 11.6 Å². The van der Waals surface area contributed by atoms with Gasteiger partial charge in [0.25, 0.3) is 0 Å². The van der Waals surface area contributed by atoms with E-state index in [0.717, 1.165) is 11.3 Å². The lowest BCUT2D eigenvalue weighted by atomic mass is 10.1. The van der Waals surface area contributed by atoms with Crippen LogP contribution in [0.25, 0.3) is 0 Å². The molecule has 0 aromatic heterocycles. The van der Waals surface area contributed by atoms with E-state index in [9.17, 15) is 5.11 Å². The summed E-state index contributed by atoms with van der Waals surface area (Å²) in [6.07, 6.45) is -0.618. The maximum Gasteiger partial charge on any atom is 0.118 e. The van der Waals surface area contributed by atoms with E-state index in [-0.39, 0.29) is 5.38 Å². The Hall–Kier alpha value is -0.730. The van der Waals surface area contributed by atoms with Crippen molar-refractivity contribution in [2.45, 2.75) is 18.4 Å². The molecule has 1 N–H and O–H groups in total. The molecule has 0 aliphatic heterocycles. The van der Waals surface area contributed by atoms with Gasteiger partial charge in [0.05, 0.1) is 18.6 Å². The average molecular weight is 201 g/mol. The number of hydrogen-bond donors (Lipinski definition) is 1. The van der Waals surface area contributed by atoms with Gasteiger partial charge in [-0.2, -0.15) is 0 Å². The van der Waals surface area contributed by atoms with Crippen molar-refractivity contribution in [2.75, 3.05) is 7.11 Å². The monoisotopic (exact) mass is 200 g/mol. The quantitative estimate of drug-likeness (QED) is 0.760. The molecule has 1 aromatic rings. The lowest BCUT2D eigenvalue weighted by molar-refractivity contribution is 0.177. The number of alkyl halides is 1. The second-order valence-corrected chi connectivity index (χ2v) is 3.58. The van der Waals surface area contributed by atoms with Crippen LogP contribution in [-0.4, -0.2) is 17.6 Å². The molecule has 72 valence electrons. The summed E-state index contributed by atoms with van der Waals surface area (Å²) in [7, 11) is 1.61. The number of benzene rings is 1. The van der Waals surface area contributed by atoms with E-state index in [1.54, 1.807) is 26.2 Å². The van der Waals surface area contributed by atoms with Gasteiger partial charge in [-0.1, -0.05) is 12.1 Å². The Labute approximate surface area is 83.1 Å². The Bertz CT molecular complexity index is 256. The van der Waals surface area contributed by atoms with Crippen LogP contribution in [0.15, 0.2) is 24.3 Å². The summed E-state index contributed by atoms with van der Waals surface area (Å²) in [6.45, 7) is 1.76. The Morgan fingerprint density at radius 1 is 1.31 bits per heavy atom. The molecule has 13 heavy (non-hydrogen) atoms. The molecule has 0 saturated heterocycles. The van der Waals surface area contributed by atoms with Crippen LogP contribution in [-0.2, 0) is 0 Å². The third-order valence-electron chi connectivity index (χ3n) is 1.89. The van der Waals surface area contributed by atoms with Crippen molar-refractivity contribution < 1.29 is 9.84 Å². The zero-order valence-electron chi connectivity index (χ0n) is 7.70. The second kappa shape index (κ2) is 4.49. The molecule has 0 saturated carbocycles. The van der Waals surface area contributed by atoms with Gasteiger partial charge >= 0.3 is 0 Å². The molecular formula is C10H13ClO2. The van der Waals surface area contributed by atoms with E-state index in [0.29, 0.717) is 0 Å². The minimum Gasteiger partial charge on any atom is -0.497 e. The van der Waals surface area contributed by atoms with Crippen LogP contribution in [0.2, 0.25) is 0 Å². The standard InChI is InChI=1S/C10H13ClO2/c1-7(11)10(12)8-3-5-9(13-2)6-4-8/h3-7,10,12H,1-2H3. The summed E-state index contributed by atoms with van der Waals surface area (Å²) in [4.78, 5) is 0. The molecule has 0 radical (unpaired) electrons. The highest BCUT2D eigenvalue weighted by atomic mass is 35.5. The molecule has 0 aliphatic carbocycles. The summed E-state index contributed by atoms with van der Waals surface area (Å²) in [5.41, 5.74) is 0.809. The fourth-order valence-corrected chi connectivity index (χ4v) is 1.21. The summed E-state index contributed by atoms with van der Waals surface area (Å²) in [6, 6.07) is 7.22. The third kappa shape index (κ3) is 2.61. The van der Waals surface area contributed by atoms with Gasteiger partial charge in [-0.15, -0.1) is 11.6 Å². The number of halogens is 1. The molecule has 0 bridgehead atoms. The number of hydrogen-bond acceptors (Lipinski definition) is 2. The van der Waals surface area contributed by atoms with E-state index >= 15 is 0 Å². The largest absolute Gasteiger partial charge is 0.497 e. The SMILES string of the molecule is COc1ccc(C(O)C(C)Cl)cc1. The van der Waals surface area contributed by atoms with Gasteiger partial charge < -0.3 is 9.84 Å². The molecule has 2 atom stereocenters. The Morgan fingerprint density at radius 3 is 2.23 bits per heavy atom. The van der Waals surface area contributed by atoms with Crippen LogP contribution >= 0.6 is 11.6 Å². The minimum absolute atomic E-state index is 0.284. The number of ether oxygens (including phenoxy) is 1. The van der Waals surface area contributed by atoms with Crippen molar-refractivity contribution in [2.24, 2.45) is 0 Å². The van der Waals surface area contributed by atoms with Crippen LogP contribution in [0.4, 0.5) is 0 Å². The fraction of sp³-hybridized carbons (Fsp3) is 0.400. The van der Waals surface area contributed by atoms with Gasteiger partial charge in [0.2, 0.25) is 0 Å². The Morgan fingerprint density at radius 2 is 1.85 bits per heavy atom. The molecule has 0 heterocycles. The third-order valence-corrected chi connectivity index (χ3v) is 2.13. The van der Waals surface area contributed by atoms with E-state index in [1.807, 2.05) is 12.1 Å². The summed E-state index contributed by atoms with van der Waals surface area (Å²) >= 11 is 5.76. The highest BCUT2D eigenvalue weighted by Gasteiger charge is 2.12.